The zero-order chi connectivity index (χ0) is 21.4. The third-order valence-corrected chi connectivity index (χ3v) is 11.0. The molecule has 3 aliphatic carbocycles. The quantitative estimate of drug-likeness (QED) is 0.731. The molecule has 0 aromatic heterocycles. The van der Waals surface area contributed by atoms with Crippen LogP contribution in [0.2, 0.25) is 0 Å². The Balaban J connectivity index is 1.36. The number of piperidine rings is 1. The zero-order valence-corrected chi connectivity index (χ0v) is 18.9. The average Bonchev–Trinajstić information content (AvgIpc) is 3.24. The SMILES string of the molecule is COc1ccc2c(c1)C1(C=C2)CCN(S(=O)(=O)C[C@]23CCC(CC2=O)C3(C)C)CC1. The van der Waals surface area contributed by atoms with Gasteiger partial charge in [-0.25, -0.2) is 12.7 Å². The Morgan fingerprint density at radius 2 is 1.90 bits per heavy atom. The van der Waals surface area contributed by atoms with E-state index < -0.39 is 15.4 Å². The molecule has 5 rings (SSSR count). The van der Waals surface area contributed by atoms with Crippen LogP contribution in [-0.4, -0.2) is 44.5 Å². The highest BCUT2D eigenvalue weighted by atomic mass is 32.2. The molecule has 0 amide bonds. The molecule has 6 heteroatoms. The molecule has 2 bridgehead atoms. The minimum absolute atomic E-state index is 0.0183. The van der Waals surface area contributed by atoms with E-state index in [4.69, 9.17) is 4.74 Å². The number of allylic oxidation sites excluding steroid dienone is 1. The molecule has 1 aliphatic heterocycles. The lowest BCUT2D eigenvalue weighted by atomic mass is 9.70. The van der Waals surface area contributed by atoms with Crippen LogP contribution in [0.25, 0.3) is 6.08 Å². The van der Waals surface area contributed by atoms with Gasteiger partial charge >= 0.3 is 0 Å². The molecule has 5 nitrogen and oxygen atoms in total. The number of carbonyl (C=O) groups is 1. The van der Waals surface area contributed by atoms with Crippen molar-refractivity contribution in [2.45, 2.75) is 51.4 Å². The third kappa shape index (κ3) is 2.62. The van der Waals surface area contributed by atoms with Crippen LogP contribution in [0, 0.1) is 16.7 Å². The normalized spacial score (nSPS) is 31.4. The summed E-state index contributed by atoms with van der Waals surface area (Å²) in [6.45, 7) is 5.20. The molecule has 0 radical (unpaired) electrons. The molecule has 4 aliphatic rings. The van der Waals surface area contributed by atoms with E-state index in [9.17, 15) is 13.2 Å². The Kier molecular flexibility index (Phi) is 4.34. The van der Waals surface area contributed by atoms with Gasteiger partial charge in [0.25, 0.3) is 0 Å². The Hall–Kier alpha value is -1.66. The first kappa shape index (κ1) is 20.3. The van der Waals surface area contributed by atoms with Gasteiger partial charge in [-0.15, -0.1) is 0 Å². The van der Waals surface area contributed by atoms with E-state index in [0.717, 1.165) is 31.4 Å². The fourth-order valence-corrected chi connectivity index (χ4v) is 8.91. The predicted octanol–water partition coefficient (Wildman–Crippen LogP) is 3.78. The van der Waals surface area contributed by atoms with E-state index in [1.807, 2.05) is 6.07 Å². The maximum atomic E-state index is 13.4. The summed E-state index contributed by atoms with van der Waals surface area (Å²) in [4.78, 5) is 12.8. The number of ether oxygens (including phenoxy) is 1. The molecule has 2 saturated carbocycles. The fraction of sp³-hybridized carbons (Fsp3) is 0.625. The van der Waals surface area contributed by atoms with Crippen molar-refractivity contribution in [3.8, 4) is 5.75 Å². The topological polar surface area (TPSA) is 63.7 Å². The number of rotatable bonds is 4. The van der Waals surface area contributed by atoms with Crippen molar-refractivity contribution in [2.75, 3.05) is 26.0 Å². The van der Waals surface area contributed by atoms with Crippen LogP contribution >= 0.6 is 0 Å². The first-order valence-electron chi connectivity index (χ1n) is 11.0. The van der Waals surface area contributed by atoms with Gasteiger partial charge in [0.2, 0.25) is 10.0 Å². The molecule has 1 heterocycles. The fourth-order valence-electron chi connectivity index (χ4n) is 6.69. The Bertz CT molecular complexity index is 1030. The highest BCUT2D eigenvalue weighted by Crippen LogP contribution is 2.64. The van der Waals surface area contributed by atoms with Gasteiger partial charge in [0, 0.05) is 30.3 Å². The summed E-state index contributed by atoms with van der Waals surface area (Å²) in [7, 11) is -1.82. The Labute approximate surface area is 179 Å². The van der Waals surface area contributed by atoms with Gasteiger partial charge in [0.1, 0.15) is 11.5 Å². The van der Waals surface area contributed by atoms with Gasteiger partial charge in [-0.3, -0.25) is 4.79 Å². The molecule has 30 heavy (non-hydrogen) atoms. The van der Waals surface area contributed by atoms with E-state index in [1.165, 1.54) is 11.1 Å². The number of Topliss-reactive ketones (excluding diaryl/α,β-unsaturated/α-hetero) is 1. The number of hydrogen-bond donors (Lipinski definition) is 0. The number of hydrogen-bond acceptors (Lipinski definition) is 4. The number of nitrogens with zero attached hydrogens (tertiary/aromatic N) is 1. The van der Waals surface area contributed by atoms with E-state index in [1.54, 1.807) is 11.4 Å². The summed E-state index contributed by atoms with van der Waals surface area (Å²) >= 11 is 0. The molecule has 1 saturated heterocycles. The predicted molar refractivity (Wildman–Crippen MR) is 117 cm³/mol. The van der Waals surface area contributed by atoms with Crippen molar-refractivity contribution >= 4 is 21.9 Å². The van der Waals surface area contributed by atoms with Crippen LogP contribution in [0.5, 0.6) is 5.75 Å². The maximum absolute atomic E-state index is 13.4. The Morgan fingerprint density at radius 3 is 2.50 bits per heavy atom. The van der Waals surface area contributed by atoms with Crippen molar-refractivity contribution in [2.24, 2.45) is 16.7 Å². The average molecular weight is 430 g/mol. The number of fused-ring (bicyclic) bond motifs is 4. The van der Waals surface area contributed by atoms with Gasteiger partial charge in [0.05, 0.1) is 12.9 Å². The number of sulfonamides is 1. The molecule has 0 N–H and O–H groups in total. The van der Waals surface area contributed by atoms with Crippen LogP contribution < -0.4 is 4.74 Å². The highest BCUT2D eigenvalue weighted by molar-refractivity contribution is 7.89. The number of methoxy groups -OCH3 is 1. The van der Waals surface area contributed by atoms with Gasteiger partial charge in [-0.2, -0.15) is 0 Å². The molecule has 2 atom stereocenters. The maximum Gasteiger partial charge on any atom is 0.215 e. The molecule has 1 aromatic rings. The zero-order valence-electron chi connectivity index (χ0n) is 18.1. The lowest BCUT2D eigenvalue weighted by molar-refractivity contribution is -0.128. The van der Waals surface area contributed by atoms with Crippen molar-refractivity contribution in [1.29, 1.82) is 0 Å². The lowest BCUT2D eigenvalue weighted by Gasteiger charge is -2.41. The van der Waals surface area contributed by atoms with Crippen molar-refractivity contribution < 1.29 is 17.9 Å². The van der Waals surface area contributed by atoms with Crippen LogP contribution in [0.15, 0.2) is 24.3 Å². The Morgan fingerprint density at radius 1 is 1.17 bits per heavy atom. The second-order valence-corrected chi connectivity index (χ2v) is 12.2. The largest absolute Gasteiger partial charge is 0.497 e. The number of benzene rings is 1. The molecule has 1 spiro atoms. The monoisotopic (exact) mass is 429 g/mol. The van der Waals surface area contributed by atoms with Crippen molar-refractivity contribution in [3.63, 3.8) is 0 Å². The minimum atomic E-state index is -3.49. The summed E-state index contributed by atoms with van der Waals surface area (Å²) in [6.07, 6.45) is 8.15. The van der Waals surface area contributed by atoms with Crippen LogP contribution in [0.1, 0.15) is 57.1 Å². The first-order valence-corrected chi connectivity index (χ1v) is 12.6. The van der Waals surface area contributed by atoms with E-state index in [0.29, 0.717) is 25.4 Å². The molecule has 1 unspecified atom stereocenters. The van der Waals surface area contributed by atoms with Crippen LogP contribution in [0.4, 0.5) is 0 Å². The summed E-state index contributed by atoms with van der Waals surface area (Å²) in [5.41, 5.74) is 1.40. The number of ketones is 1. The van der Waals surface area contributed by atoms with Gasteiger partial charge < -0.3 is 4.74 Å². The van der Waals surface area contributed by atoms with Crippen LogP contribution in [-0.2, 0) is 20.2 Å². The molecular formula is C24H31NO4S. The summed E-state index contributed by atoms with van der Waals surface area (Å²) in [5.74, 6) is 1.32. The highest BCUT2D eigenvalue weighted by Gasteiger charge is 2.65. The second kappa shape index (κ2) is 6.42. The lowest BCUT2D eigenvalue weighted by Crippen LogP contribution is -2.50. The van der Waals surface area contributed by atoms with E-state index in [2.05, 4.69) is 38.1 Å². The van der Waals surface area contributed by atoms with Gasteiger partial charge in [-0.1, -0.05) is 32.1 Å². The molecule has 162 valence electrons. The molecular weight excluding hydrogens is 398 g/mol. The second-order valence-electron chi connectivity index (χ2n) is 10.3. The summed E-state index contributed by atoms with van der Waals surface area (Å²) in [6, 6.07) is 6.14. The van der Waals surface area contributed by atoms with Crippen LogP contribution in [0.3, 0.4) is 0 Å². The summed E-state index contributed by atoms with van der Waals surface area (Å²) in [5, 5.41) is 0. The van der Waals surface area contributed by atoms with Crippen molar-refractivity contribution in [3.05, 3.63) is 35.4 Å². The molecule has 1 aromatic carbocycles. The van der Waals surface area contributed by atoms with Gasteiger partial charge in [0.15, 0.2) is 0 Å². The third-order valence-electron chi connectivity index (χ3n) is 8.95. The molecule has 3 fully saturated rings. The minimum Gasteiger partial charge on any atom is -0.497 e. The van der Waals surface area contributed by atoms with E-state index in [-0.39, 0.29) is 22.4 Å². The first-order chi connectivity index (χ1) is 14.1. The summed E-state index contributed by atoms with van der Waals surface area (Å²) < 4.78 is 33.9. The smallest absolute Gasteiger partial charge is 0.215 e. The van der Waals surface area contributed by atoms with Gasteiger partial charge in [-0.05, 0) is 60.3 Å². The van der Waals surface area contributed by atoms with Crippen molar-refractivity contribution in [1.82, 2.24) is 4.31 Å². The van der Waals surface area contributed by atoms with E-state index >= 15 is 0 Å². The number of carbonyl (C=O) groups excluding carboxylic acids is 1. The standard InChI is InChI=1S/C24H31NO4S/c1-22(2)18-7-9-24(22,21(26)14-18)16-30(27,28)25-12-10-23(11-13-25)8-6-17-4-5-19(29-3)15-20(17)23/h4-6,8,15,18H,7,9-14,16H2,1-3H3/t18?,24-/m1/s1.